The van der Waals surface area contributed by atoms with Gasteiger partial charge in [0.05, 0.1) is 20.3 Å². The molecule has 2 aliphatic rings. The molecule has 0 aromatic heterocycles. The summed E-state index contributed by atoms with van der Waals surface area (Å²) in [5, 5.41) is 3.10. The molecule has 1 aromatic carbocycles. The van der Waals surface area contributed by atoms with Crippen molar-refractivity contribution in [1.82, 2.24) is 4.90 Å². The van der Waals surface area contributed by atoms with Crippen molar-refractivity contribution < 1.29 is 9.47 Å². The molecule has 2 saturated heterocycles. The molecular weight excluding hydrogens is 306 g/mol. The number of benzene rings is 1. The molecule has 2 fully saturated rings. The molecule has 132 valence electrons. The van der Waals surface area contributed by atoms with Crippen molar-refractivity contribution >= 4 is 11.4 Å². The average molecular weight is 333 g/mol. The SMILES string of the molecule is CCc1cc(N=O)c(OC)cc1N1CCC(N2CCOCC2)CC1. The summed E-state index contributed by atoms with van der Waals surface area (Å²) in [6.45, 7) is 8.00. The Balaban J connectivity index is 1.72. The first-order chi connectivity index (χ1) is 11.8. The van der Waals surface area contributed by atoms with Gasteiger partial charge < -0.3 is 14.4 Å². The molecule has 0 bridgehead atoms. The largest absolute Gasteiger partial charge is 0.494 e. The van der Waals surface area contributed by atoms with E-state index in [1.807, 2.05) is 12.1 Å². The van der Waals surface area contributed by atoms with E-state index in [4.69, 9.17) is 9.47 Å². The third-order valence-corrected chi connectivity index (χ3v) is 5.23. The monoisotopic (exact) mass is 333 g/mol. The zero-order valence-electron chi connectivity index (χ0n) is 14.7. The van der Waals surface area contributed by atoms with E-state index in [1.54, 1.807) is 7.11 Å². The number of ether oxygens (including phenoxy) is 2. The maximum atomic E-state index is 11.0. The Bertz CT molecular complexity index is 565. The van der Waals surface area contributed by atoms with Crippen LogP contribution in [0.2, 0.25) is 0 Å². The second-order valence-electron chi connectivity index (χ2n) is 6.46. The Morgan fingerprint density at radius 3 is 2.50 bits per heavy atom. The van der Waals surface area contributed by atoms with Crippen molar-refractivity contribution in [2.45, 2.75) is 32.2 Å². The molecule has 0 saturated carbocycles. The number of piperidine rings is 1. The van der Waals surface area contributed by atoms with Gasteiger partial charge in [0, 0.05) is 44.0 Å². The molecule has 0 spiro atoms. The molecular formula is C18H27N3O3. The minimum absolute atomic E-state index is 0.390. The third kappa shape index (κ3) is 3.54. The second-order valence-corrected chi connectivity index (χ2v) is 6.46. The molecule has 0 atom stereocenters. The van der Waals surface area contributed by atoms with Crippen LogP contribution in [0.5, 0.6) is 5.75 Å². The number of morpholine rings is 1. The van der Waals surface area contributed by atoms with Gasteiger partial charge >= 0.3 is 0 Å². The van der Waals surface area contributed by atoms with E-state index in [-0.39, 0.29) is 0 Å². The van der Waals surface area contributed by atoms with E-state index in [1.165, 1.54) is 18.5 Å². The van der Waals surface area contributed by atoms with Crippen molar-refractivity contribution in [3.63, 3.8) is 0 Å². The summed E-state index contributed by atoms with van der Waals surface area (Å²) >= 11 is 0. The van der Waals surface area contributed by atoms with Crippen LogP contribution in [0.4, 0.5) is 11.4 Å². The molecule has 0 aliphatic carbocycles. The third-order valence-electron chi connectivity index (χ3n) is 5.23. The lowest BCUT2D eigenvalue weighted by molar-refractivity contribution is 0.0115. The van der Waals surface area contributed by atoms with Crippen LogP contribution < -0.4 is 9.64 Å². The standard InChI is InChI=1S/C18H27N3O3/c1-3-14-12-16(19-22)18(23-2)13-17(14)21-6-4-15(5-7-21)20-8-10-24-11-9-20/h12-13,15H,3-11H2,1-2H3. The van der Waals surface area contributed by atoms with Crippen molar-refractivity contribution in [2.75, 3.05) is 51.4 Å². The molecule has 2 aliphatic heterocycles. The predicted molar refractivity (Wildman–Crippen MR) is 95.5 cm³/mol. The van der Waals surface area contributed by atoms with Crippen LogP contribution in [0.15, 0.2) is 17.3 Å². The maximum absolute atomic E-state index is 11.0. The first-order valence-electron chi connectivity index (χ1n) is 8.87. The quantitative estimate of drug-likeness (QED) is 0.776. The smallest absolute Gasteiger partial charge is 0.150 e. The fourth-order valence-corrected chi connectivity index (χ4v) is 3.83. The van der Waals surface area contributed by atoms with E-state index in [9.17, 15) is 4.91 Å². The summed E-state index contributed by atoms with van der Waals surface area (Å²) in [4.78, 5) is 16.0. The van der Waals surface area contributed by atoms with Crippen LogP contribution >= 0.6 is 0 Å². The molecule has 0 radical (unpaired) electrons. The molecule has 2 heterocycles. The van der Waals surface area contributed by atoms with Crippen molar-refractivity contribution in [1.29, 1.82) is 0 Å². The molecule has 1 aromatic rings. The Labute approximate surface area is 143 Å². The Morgan fingerprint density at radius 2 is 1.92 bits per heavy atom. The number of nitrogens with zero attached hydrogens (tertiary/aromatic N) is 3. The number of methoxy groups -OCH3 is 1. The number of aryl methyl sites for hydroxylation is 1. The molecule has 0 unspecified atom stereocenters. The van der Waals surface area contributed by atoms with Gasteiger partial charge in [-0.05, 0) is 36.1 Å². The maximum Gasteiger partial charge on any atom is 0.150 e. The molecule has 6 heteroatoms. The van der Waals surface area contributed by atoms with Crippen LogP contribution in [-0.4, -0.2) is 57.4 Å². The van der Waals surface area contributed by atoms with Crippen LogP contribution in [0.3, 0.4) is 0 Å². The Kier molecular flexibility index (Phi) is 5.68. The minimum Gasteiger partial charge on any atom is -0.494 e. The van der Waals surface area contributed by atoms with Gasteiger partial charge in [-0.15, -0.1) is 4.91 Å². The zero-order valence-corrected chi connectivity index (χ0v) is 14.7. The van der Waals surface area contributed by atoms with E-state index < -0.39 is 0 Å². The summed E-state index contributed by atoms with van der Waals surface area (Å²) in [5.74, 6) is 0.563. The van der Waals surface area contributed by atoms with Crippen molar-refractivity contribution in [3.8, 4) is 5.75 Å². The van der Waals surface area contributed by atoms with Gasteiger partial charge in [0.2, 0.25) is 0 Å². The highest BCUT2D eigenvalue weighted by molar-refractivity contribution is 5.66. The molecule has 3 rings (SSSR count). The van der Waals surface area contributed by atoms with Crippen molar-refractivity contribution in [3.05, 3.63) is 22.6 Å². The summed E-state index contributed by atoms with van der Waals surface area (Å²) in [6, 6.07) is 4.51. The normalized spacial score (nSPS) is 20.2. The Hall–Kier alpha value is -1.66. The number of hydrogen-bond acceptors (Lipinski definition) is 6. The fraction of sp³-hybridized carbons (Fsp3) is 0.667. The van der Waals surface area contributed by atoms with Crippen molar-refractivity contribution in [2.24, 2.45) is 5.18 Å². The highest BCUT2D eigenvalue weighted by Gasteiger charge is 2.27. The van der Waals surface area contributed by atoms with E-state index in [0.717, 1.165) is 51.4 Å². The second kappa shape index (κ2) is 7.94. The van der Waals surface area contributed by atoms with Gasteiger partial charge in [0.15, 0.2) is 0 Å². The van der Waals surface area contributed by atoms with E-state index in [0.29, 0.717) is 17.5 Å². The minimum atomic E-state index is 0.390. The Morgan fingerprint density at radius 1 is 1.21 bits per heavy atom. The number of rotatable bonds is 5. The lowest BCUT2D eigenvalue weighted by Gasteiger charge is -2.41. The molecule has 0 amide bonds. The molecule has 6 nitrogen and oxygen atoms in total. The van der Waals surface area contributed by atoms with Gasteiger partial charge in [0.1, 0.15) is 11.4 Å². The molecule has 24 heavy (non-hydrogen) atoms. The summed E-state index contributed by atoms with van der Waals surface area (Å²) in [7, 11) is 1.59. The van der Waals surface area contributed by atoms with E-state index >= 15 is 0 Å². The van der Waals surface area contributed by atoms with Crippen LogP contribution in [0, 0.1) is 4.91 Å². The summed E-state index contributed by atoms with van der Waals surface area (Å²) in [5.41, 5.74) is 2.73. The summed E-state index contributed by atoms with van der Waals surface area (Å²) in [6.07, 6.45) is 3.21. The van der Waals surface area contributed by atoms with Crippen LogP contribution in [0.25, 0.3) is 0 Å². The zero-order chi connectivity index (χ0) is 16.9. The lowest BCUT2D eigenvalue weighted by Crippen LogP contribution is -2.49. The predicted octanol–water partition coefficient (Wildman–Crippen LogP) is 2.96. The summed E-state index contributed by atoms with van der Waals surface area (Å²) < 4.78 is 10.8. The van der Waals surface area contributed by atoms with Crippen LogP contribution in [0.1, 0.15) is 25.3 Å². The fourth-order valence-electron chi connectivity index (χ4n) is 3.83. The lowest BCUT2D eigenvalue weighted by atomic mass is 10.00. The number of anilines is 1. The topological polar surface area (TPSA) is 54.4 Å². The average Bonchev–Trinajstić information content (AvgIpc) is 2.67. The van der Waals surface area contributed by atoms with Gasteiger partial charge in [-0.3, -0.25) is 4.90 Å². The highest BCUT2D eigenvalue weighted by Crippen LogP contribution is 2.37. The van der Waals surface area contributed by atoms with Gasteiger partial charge in [-0.2, -0.15) is 0 Å². The first-order valence-corrected chi connectivity index (χ1v) is 8.87. The van der Waals surface area contributed by atoms with Crippen LogP contribution in [-0.2, 0) is 11.2 Å². The number of hydrogen-bond donors (Lipinski definition) is 0. The van der Waals surface area contributed by atoms with Gasteiger partial charge in [-0.1, -0.05) is 6.92 Å². The van der Waals surface area contributed by atoms with Gasteiger partial charge in [-0.25, -0.2) is 0 Å². The van der Waals surface area contributed by atoms with Gasteiger partial charge in [0.25, 0.3) is 0 Å². The molecule has 0 N–H and O–H groups in total. The number of nitroso groups, excluding NO2 is 1. The van der Waals surface area contributed by atoms with E-state index in [2.05, 4.69) is 21.9 Å². The highest BCUT2D eigenvalue weighted by atomic mass is 16.5. The first kappa shape index (κ1) is 17.2.